The highest BCUT2D eigenvalue weighted by atomic mass is 16.6. The maximum atomic E-state index is 13.1. The van der Waals surface area contributed by atoms with E-state index in [1.165, 1.54) is 0 Å². The number of anilines is 1. The van der Waals surface area contributed by atoms with E-state index in [1.807, 2.05) is 37.6 Å². The molecule has 10 nitrogen and oxygen atoms in total. The Bertz CT molecular complexity index is 1040. The van der Waals surface area contributed by atoms with Crippen LogP contribution in [0.1, 0.15) is 60.2 Å². The Labute approximate surface area is 206 Å². The van der Waals surface area contributed by atoms with Crippen LogP contribution in [0, 0.1) is 5.92 Å². The molecule has 0 radical (unpaired) electrons. The number of ether oxygens (including phenoxy) is 2. The number of nitrogens with zero attached hydrogens (tertiary/aromatic N) is 2. The quantitative estimate of drug-likeness (QED) is 0.344. The molecule has 1 aromatic heterocycles. The van der Waals surface area contributed by atoms with E-state index in [-0.39, 0.29) is 18.9 Å². The molecular formula is C25H39N5O5. The summed E-state index contributed by atoms with van der Waals surface area (Å²) >= 11 is 0. The summed E-state index contributed by atoms with van der Waals surface area (Å²) in [5.74, 6) is -0.140. The largest absolute Gasteiger partial charge is 0.464 e. The fraction of sp³-hybridized carbons (Fsp3) is 0.600. The smallest absolute Gasteiger partial charge is 0.408 e. The average Bonchev–Trinajstić information content (AvgIpc) is 3.03. The summed E-state index contributed by atoms with van der Waals surface area (Å²) in [6.07, 6.45) is 0.388. The number of carbonyl (C=O) groups excluding carboxylic acids is 3. The zero-order valence-electron chi connectivity index (χ0n) is 21.8. The maximum absolute atomic E-state index is 13.1. The number of fused-ring (bicyclic) bond motifs is 1. The van der Waals surface area contributed by atoms with E-state index in [9.17, 15) is 14.4 Å². The number of nitrogen functional groups attached to an aromatic ring is 1. The van der Waals surface area contributed by atoms with Crippen molar-refractivity contribution in [3.8, 4) is 0 Å². The van der Waals surface area contributed by atoms with Gasteiger partial charge in [0.25, 0.3) is 0 Å². The van der Waals surface area contributed by atoms with Gasteiger partial charge in [0.05, 0.1) is 17.6 Å². The van der Waals surface area contributed by atoms with Crippen LogP contribution in [0.25, 0.3) is 11.0 Å². The molecule has 2 rings (SSSR count). The molecule has 0 unspecified atom stereocenters. The van der Waals surface area contributed by atoms with E-state index in [1.54, 1.807) is 33.8 Å². The van der Waals surface area contributed by atoms with Gasteiger partial charge < -0.3 is 30.4 Å². The Balaban J connectivity index is 2.17. The normalized spacial score (nSPS) is 13.4. The second kappa shape index (κ2) is 11.9. The number of carbonyl (C=O) groups is 3. The zero-order valence-corrected chi connectivity index (χ0v) is 21.8. The first-order valence-corrected chi connectivity index (χ1v) is 12.0. The third-order valence-electron chi connectivity index (χ3n) is 5.26. The molecule has 35 heavy (non-hydrogen) atoms. The molecule has 0 bridgehead atoms. The lowest BCUT2D eigenvalue weighted by molar-refractivity contribution is -0.147. The lowest BCUT2D eigenvalue weighted by Crippen LogP contribution is -2.53. The SMILES string of the molecule is CCOC(=O)[C@H](CCc1nc2cc(N)ccc2n1C)NC(=O)[C@H](CC(C)C)NC(=O)OC(C)(C)C. The fourth-order valence-corrected chi connectivity index (χ4v) is 3.68. The molecule has 0 saturated heterocycles. The zero-order chi connectivity index (χ0) is 26.3. The van der Waals surface area contributed by atoms with Crippen LogP contribution in [0.3, 0.4) is 0 Å². The first kappa shape index (κ1) is 27.9. The Kier molecular flexibility index (Phi) is 9.50. The minimum Gasteiger partial charge on any atom is -0.464 e. The number of aryl methyl sites for hydroxylation is 2. The number of amides is 2. The van der Waals surface area contributed by atoms with Crippen molar-refractivity contribution in [1.29, 1.82) is 0 Å². The lowest BCUT2D eigenvalue weighted by Gasteiger charge is -2.25. The number of imidazole rings is 1. The van der Waals surface area contributed by atoms with Gasteiger partial charge in [-0.3, -0.25) is 4.79 Å². The molecule has 194 valence electrons. The van der Waals surface area contributed by atoms with Crippen molar-refractivity contribution in [2.45, 2.75) is 78.5 Å². The molecule has 0 aliphatic rings. The van der Waals surface area contributed by atoms with Crippen molar-refractivity contribution in [3.63, 3.8) is 0 Å². The Morgan fingerprint density at radius 1 is 1.14 bits per heavy atom. The van der Waals surface area contributed by atoms with Crippen LogP contribution in [0.5, 0.6) is 0 Å². The van der Waals surface area contributed by atoms with Crippen molar-refractivity contribution >= 4 is 34.7 Å². The van der Waals surface area contributed by atoms with Gasteiger partial charge in [0, 0.05) is 19.2 Å². The maximum Gasteiger partial charge on any atom is 0.408 e. The van der Waals surface area contributed by atoms with Crippen LogP contribution in [0.15, 0.2) is 18.2 Å². The van der Waals surface area contributed by atoms with Gasteiger partial charge in [-0.15, -0.1) is 0 Å². The Hall–Kier alpha value is -3.30. The summed E-state index contributed by atoms with van der Waals surface area (Å²) in [5, 5.41) is 5.40. The summed E-state index contributed by atoms with van der Waals surface area (Å²) < 4.78 is 12.4. The first-order chi connectivity index (χ1) is 16.3. The fourth-order valence-electron chi connectivity index (χ4n) is 3.68. The van der Waals surface area contributed by atoms with Crippen LogP contribution in [-0.2, 0) is 32.5 Å². The minimum atomic E-state index is -0.901. The van der Waals surface area contributed by atoms with Gasteiger partial charge in [0.1, 0.15) is 23.5 Å². The highest BCUT2D eigenvalue weighted by Crippen LogP contribution is 2.19. The van der Waals surface area contributed by atoms with Crippen LogP contribution in [0.2, 0.25) is 0 Å². The van der Waals surface area contributed by atoms with Crippen LogP contribution < -0.4 is 16.4 Å². The van der Waals surface area contributed by atoms with E-state index < -0.39 is 35.7 Å². The molecule has 10 heteroatoms. The van der Waals surface area contributed by atoms with E-state index in [2.05, 4.69) is 15.6 Å². The highest BCUT2D eigenvalue weighted by molar-refractivity contribution is 5.89. The third-order valence-corrected chi connectivity index (χ3v) is 5.26. The molecule has 1 aromatic carbocycles. The van der Waals surface area contributed by atoms with E-state index in [0.29, 0.717) is 18.5 Å². The summed E-state index contributed by atoms with van der Waals surface area (Å²) in [5.41, 5.74) is 7.47. The van der Waals surface area contributed by atoms with Crippen molar-refractivity contribution in [2.24, 2.45) is 13.0 Å². The van der Waals surface area contributed by atoms with Gasteiger partial charge in [0.15, 0.2) is 0 Å². The molecule has 2 amide bonds. The molecule has 0 aliphatic heterocycles. The number of hydrogen-bond acceptors (Lipinski definition) is 7. The van der Waals surface area contributed by atoms with Gasteiger partial charge in [-0.05, 0) is 64.7 Å². The van der Waals surface area contributed by atoms with Gasteiger partial charge >= 0.3 is 12.1 Å². The van der Waals surface area contributed by atoms with E-state index in [4.69, 9.17) is 15.2 Å². The average molecular weight is 490 g/mol. The van der Waals surface area contributed by atoms with E-state index >= 15 is 0 Å². The molecule has 0 fully saturated rings. The van der Waals surface area contributed by atoms with Gasteiger partial charge in [-0.25, -0.2) is 14.6 Å². The number of aromatic nitrogens is 2. The Morgan fingerprint density at radius 2 is 1.83 bits per heavy atom. The van der Waals surface area contributed by atoms with Crippen molar-refractivity contribution in [1.82, 2.24) is 20.2 Å². The third kappa shape index (κ3) is 8.45. The summed E-state index contributed by atoms with van der Waals surface area (Å²) in [6, 6.07) is 3.73. The number of hydrogen-bond donors (Lipinski definition) is 3. The lowest BCUT2D eigenvalue weighted by atomic mass is 10.0. The van der Waals surface area contributed by atoms with Crippen LogP contribution >= 0.6 is 0 Å². The predicted molar refractivity (Wildman–Crippen MR) is 135 cm³/mol. The second-order valence-corrected chi connectivity index (χ2v) is 10.0. The first-order valence-electron chi connectivity index (χ1n) is 12.0. The van der Waals surface area contributed by atoms with Gasteiger partial charge in [0.2, 0.25) is 5.91 Å². The topological polar surface area (TPSA) is 138 Å². The van der Waals surface area contributed by atoms with Crippen molar-refractivity contribution < 1.29 is 23.9 Å². The molecule has 0 spiro atoms. The van der Waals surface area contributed by atoms with Crippen LogP contribution in [0.4, 0.5) is 10.5 Å². The number of benzene rings is 1. The van der Waals surface area contributed by atoms with Crippen molar-refractivity contribution in [3.05, 3.63) is 24.0 Å². The van der Waals surface area contributed by atoms with Gasteiger partial charge in [-0.1, -0.05) is 13.8 Å². The number of esters is 1. The number of alkyl carbamates (subject to hydrolysis) is 1. The van der Waals surface area contributed by atoms with Crippen molar-refractivity contribution in [2.75, 3.05) is 12.3 Å². The standard InChI is InChI=1S/C25H39N5O5/c1-8-34-23(32)17(10-12-21-27-18-14-16(26)9-11-20(18)30(21)7)28-22(31)19(13-15(2)3)29-24(33)35-25(4,5)6/h9,11,14-15,17,19H,8,10,12-13,26H2,1-7H3,(H,28,31)(H,29,33)/t17-,19-/m0/s1. The van der Waals surface area contributed by atoms with Gasteiger partial charge in [-0.2, -0.15) is 0 Å². The van der Waals surface area contributed by atoms with E-state index in [0.717, 1.165) is 16.9 Å². The number of nitrogens with two attached hydrogens (primary N) is 1. The monoisotopic (exact) mass is 489 g/mol. The Morgan fingerprint density at radius 3 is 2.43 bits per heavy atom. The molecule has 0 saturated carbocycles. The summed E-state index contributed by atoms with van der Waals surface area (Å²) in [6.45, 7) is 11.0. The second-order valence-electron chi connectivity index (χ2n) is 10.0. The molecule has 4 N–H and O–H groups in total. The molecule has 2 atom stereocenters. The molecular weight excluding hydrogens is 450 g/mol. The summed E-state index contributed by atoms with van der Waals surface area (Å²) in [4.78, 5) is 42.7. The number of nitrogens with one attached hydrogen (secondary N) is 2. The number of rotatable bonds is 10. The molecule has 0 aliphatic carbocycles. The van der Waals surface area contributed by atoms with Crippen LogP contribution in [-0.4, -0.2) is 51.8 Å². The molecule has 2 aromatic rings. The molecule has 1 heterocycles. The highest BCUT2D eigenvalue weighted by Gasteiger charge is 2.29. The minimum absolute atomic E-state index is 0.120. The predicted octanol–water partition coefficient (Wildman–Crippen LogP) is 3.08. The summed E-state index contributed by atoms with van der Waals surface area (Å²) in [7, 11) is 1.89.